The van der Waals surface area contributed by atoms with E-state index in [2.05, 4.69) is 29.8 Å². The van der Waals surface area contributed by atoms with E-state index in [-0.39, 0.29) is 11.8 Å². The summed E-state index contributed by atoms with van der Waals surface area (Å²) >= 11 is 0. The maximum atomic E-state index is 12.9. The number of ether oxygens (including phenoxy) is 2. The monoisotopic (exact) mass is 367 g/mol. The zero-order valence-electron chi connectivity index (χ0n) is 15.6. The number of amides is 2. The number of nitrogens with one attached hydrogen (secondary N) is 3. The van der Waals surface area contributed by atoms with Crippen LogP contribution in [0, 0.1) is 0 Å². The third-order valence-corrected chi connectivity index (χ3v) is 5.09. The Morgan fingerprint density at radius 2 is 1.63 bits per heavy atom. The van der Waals surface area contributed by atoms with E-state index in [0.29, 0.717) is 39.9 Å². The largest absolute Gasteiger partial charge is 0.493 e. The van der Waals surface area contributed by atoms with Gasteiger partial charge in [-0.25, -0.2) is 0 Å². The molecule has 2 aromatic carbocycles. The predicted octanol–water partition coefficient (Wildman–Crippen LogP) is 2.79. The van der Waals surface area contributed by atoms with Crippen molar-refractivity contribution in [3.63, 3.8) is 0 Å². The molecule has 0 unspecified atom stereocenters. The lowest BCUT2D eigenvalue weighted by Crippen LogP contribution is -2.59. The van der Waals surface area contributed by atoms with Crippen molar-refractivity contribution in [2.45, 2.75) is 25.4 Å². The highest BCUT2D eigenvalue weighted by atomic mass is 16.5. The van der Waals surface area contributed by atoms with Crippen molar-refractivity contribution in [3.05, 3.63) is 47.0 Å². The number of hydrogen-bond acceptors (Lipinski definition) is 5. The summed E-state index contributed by atoms with van der Waals surface area (Å²) in [4.78, 5) is 25.7. The number of benzene rings is 2. The van der Waals surface area contributed by atoms with Gasteiger partial charge in [0.25, 0.3) is 11.8 Å². The maximum Gasteiger partial charge on any atom is 0.275 e. The van der Waals surface area contributed by atoms with Crippen LogP contribution in [0.5, 0.6) is 11.5 Å². The van der Waals surface area contributed by atoms with E-state index in [4.69, 9.17) is 9.47 Å². The summed E-state index contributed by atoms with van der Waals surface area (Å²) < 4.78 is 10.6. The number of rotatable bonds is 3. The highest BCUT2D eigenvalue weighted by molar-refractivity contribution is 6.14. The van der Waals surface area contributed by atoms with E-state index in [1.165, 1.54) is 14.2 Å². The molecule has 0 aromatic heterocycles. The van der Waals surface area contributed by atoms with Gasteiger partial charge in [0.2, 0.25) is 5.66 Å². The highest BCUT2D eigenvalue weighted by Crippen LogP contribution is 2.43. The van der Waals surface area contributed by atoms with Crippen LogP contribution in [0.2, 0.25) is 0 Å². The summed E-state index contributed by atoms with van der Waals surface area (Å²) in [5, 5.41) is 8.93. The molecule has 2 heterocycles. The Labute approximate surface area is 157 Å². The van der Waals surface area contributed by atoms with Crippen LogP contribution < -0.4 is 25.4 Å². The fraction of sp³-hybridized carbons (Fsp3) is 0.300. The molecule has 7 nitrogen and oxygen atoms in total. The Hall–Kier alpha value is -3.22. The molecule has 2 aromatic rings. The summed E-state index contributed by atoms with van der Waals surface area (Å²) in [5.74, 6) is 0.527. The zero-order valence-corrected chi connectivity index (χ0v) is 15.6. The Morgan fingerprint density at radius 1 is 0.926 bits per heavy atom. The Balaban J connectivity index is 1.87. The van der Waals surface area contributed by atoms with Crippen LogP contribution in [0.15, 0.2) is 30.3 Å². The van der Waals surface area contributed by atoms with Gasteiger partial charge in [0.05, 0.1) is 25.5 Å². The van der Waals surface area contributed by atoms with Gasteiger partial charge in [-0.2, -0.15) is 0 Å². The molecule has 2 amide bonds. The summed E-state index contributed by atoms with van der Waals surface area (Å²) in [6.07, 6.45) is 0. The molecule has 0 bridgehead atoms. The fourth-order valence-corrected chi connectivity index (χ4v) is 3.57. The molecular weight excluding hydrogens is 346 g/mol. The first-order valence-electron chi connectivity index (χ1n) is 8.72. The van der Waals surface area contributed by atoms with Gasteiger partial charge < -0.3 is 25.4 Å². The van der Waals surface area contributed by atoms with E-state index in [9.17, 15) is 9.59 Å². The van der Waals surface area contributed by atoms with E-state index < -0.39 is 5.66 Å². The van der Waals surface area contributed by atoms with Crippen LogP contribution in [-0.4, -0.2) is 26.0 Å². The van der Waals surface area contributed by atoms with Crippen LogP contribution in [0.4, 0.5) is 11.4 Å². The summed E-state index contributed by atoms with van der Waals surface area (Å²) in [6, 6.07) is 9.08. The third-order valence-electron chi connectivity index (χ3n) is 5.09. The van der Waals surface area contributed by atoms with Crippen molar-refractivity contribution in [3.8, 4) is 11.5 Å². The standard InChI is InChI=1S/C20H21N3O4/c1-10(2)11-5-6-14-13(7-11)20(19(25)21-14)22-15-9-17(27-4)16(26-3)8-12(15)18(24)23-20/h5-10,22H,1-4H3,(H,21,25)(H,23,24)/t20-/m1/s1. The summed E-state index contributed by atoms with van der Waals surface area (Å²) in [7, 11) is 3.03. The molecule has 1 spiro atoms. The Bertz CT molecular complexity index is 970. The minimum atomic E-state index is -1.36. The second-order valence-electron chi connectivity index (χ2n) is 7.00. The van der Waals surface area contributed by atoms with Crippen molar-refractivity contribution >= 4 is 23.2 Å². The maximum absolute atomic E-state index is 12.9. The number of carbonyl (C=O) groups excluding carboxylic acids is 2. The molecule has 0 radical (unpaired) electrons. The molecule has 2 aliphatic heterocycles. The molecule has 0 saturated heterocycles. The van der Waals surface area contributed by atoms with Crippen LogP contribution in [0.25, 0.3) is 0 Å². The van der Waals surface area contributed by atoms with Crippen molar-refractivity contribution in [2.75, 3.05) is 24.9 Å². The molecule has 27 heavy (non-hydrogen) atoms. The van der Waals surface area contributed by atoms with Gasteiger partial charge in [-0.1, -0.05) is 19.9 Å². The minimum absolute atomic E-state index is 0.291. The van der Waals surface area contributed by atoms with Gasteiger partial charge in [0.1, 0.15) is 0 Å². The molecule has 2 aliphatic rings. The minimum Gasteiger partial charge on any atom is -0.493 e. The van der Waals surface area contributed by atoms with E-state index in [0.717, 1.165) is 5.56 Å². The molecule has 0 fully saturated rings. The molecule has 4 rings (SSSR count). The highest BCUT2D eigenvalue weighted by Gasteiger charge is 2.51. The topological polar surface area (TPSA) is 88.7 Å². The fourth-order valence-electron chi connectivity index (χ4n) is 3.57. The summed E-state index contributed by atoms with van der Waals surface area (Å²) in [6.45, 7) is 4.16. The number of hydrogen-bond donors (Lipinski definition) is 3. The van der Waals surface area contributed by atoms with Crippen molar-refractivity contribution in [1.82, 2.24) is 5.32 Å². The number of anilines is 2. The first kappa shape index (κ1) is 17.2. The number of carbonyl (C=O) groups is 2. The van der Waals surface area contributed by atoms with Gasteiger partial charge in [0, 0.05) is 17.3 Å². The van der Waals surface area contributed by atoms with Crippen LogP contribution in [-0.2, 0) is 10.5 Å². The average Bonchev–Trinajstić information content (AvgIpc) is 2.91. The molecule has 1 atom stereocenters. The Kier molecular flexibility index (Phi) is 3.76. The molecule has 3 N–H and O–H groups in total. The number of methoxy groups -OCH3 is 2. The lowest BCUT2D eigenvalue weighted by Gasteiger charge is -2.36. The normalized spacial score (nSPS) is 19.9. The lowest BCUT2D eigenvalue weighted by atomic mass is 9.92. The predicted molar refractivity (Wildman–Crippen MR) is 101 cm³/mol. The van der Waals surface area contributed by atoms with Gasteiger partial charge in [-0.05, 0) is 29.7 Å². The SMILES string of the molecule is COc1cc2c(cc1OC)C(=O)N[C@@]1(N2)C(=O)Nc2ccc(C(C)C)cc21. The summed E-state index contributed by atoms with van der Waals surface area (Å²) in [5.41, 5.74) is 2.01. The Morgan fingerprint density at radius 3 is 2.30 bits per heavy atom. The number of fused-ring (bicyclic) bond motifs is 3. The molecule has 0 saturated carbocycles. The van der Waals surface area contributed by atoms with Gasteiger partial charge in [-0.3, -0.25) is 9.59 Å². The van der Waals surface area contributed by atoms with E-state index in [1.807, 2.05) is 18.2 Å². The van der Waals surface area contributed by atoms with Crippen LogP contribution in [0.1, 0.15) is 41.3 Å². The van der Waals surface area contributed by atoms with Crippen molar-refractivity contribution < 1.29 is 19.1 Å². The quantitative estimate of drug-likeness (QED) is 0.776. The van der Waals surface area contributed by atoms with Crippen LogP contribution in [0.3, 0.4) is 0 Å². The lowest BCUT2D eigenvalue weighted by molar-refractivity contribution is -0.120. The van der Waals surface area contributed by atoms with E-state index in [1.54, 1.807) is 12.1 Å². The van der Waals surface area contributed by atoms with E-state index >= 15 is 0 Å². The van der Waals surface area contributed by atoms with Crippen LogP contribution >= 0.6 is 0 Å². The van der Waals surface area contributed by atoms with Gasteiger partial charge >= 0.3 is 0 Å². The van der Waals surface area contributed by atoms with Crippen molar-refractivity contribution in [2.24, 2.45) is 0 Å². The third kappa shape index (κ3) is 2.42. The molecule has 7 heteroatoms. The smallest absolute Gasteiger partial charge is 0.275 e. The first-order chi connectivity index (χ1) is 12.9. The average molecular weight is 367 g/mol. The van der Waals surface area contributed by atoms with Gasteiger partial charge in [0.15, 0.2) is 11.5 Å². The molecule has 0 aliphatic carbocycles. The van der Waals surface area contributed by atoms with Crippen molar-refractivity contribution in [1.29, 1.82) is 0 Å². The van der Waals surface area contributed by atoms with Gasteiger partial charge in [-0.15, -0.1) is 0 Å². The zero-order chi connectivity index (χ0) is 19.3. The molecular formula is C20H21N3O4. The second kappa shape index (κ2) is 5.90. The molecule has 140 valence electrons. The first-order valence-corrected chi connectivity index (χ1v) is 8.72. The second-order valence-corrected chi connectivity index (χ2v) is 7.00.